The van der Waals surface area contributed by atoms with Gasteiger partial charge in [0.1, 0.15) is 11.8 Å². The normalized spacial score (nSPS) is 12.2. The summed E-state index contributed by atoms with van der Waals surface area (Å²) in [5, 5.41) is 8.37. The van der Waals surface area contributed by atoms with E-state index in [2.05, 4.69) is 20.8 Å². The van der Waals surface area contributed by atoms with Gasteiger partial charge in [-0.15, -0.1) is 0 Å². The first-order valence-electron chi connectivity index (χ1n) is 8.51. The van der Waals surface area contributed by atoms with Crippen LogP contribution in [0.4, 0.5) is 5.69 Å². The van der Waals surface area contributed by atoms with Crippen molar-refractivity contribution < 1.29 is 9.53 Å². The first kappa shape index (κ1) is 17.5. The Kier molecular flexibility index (Phi) is 5.53. The number of carbonyl (C=O) groups is 1. The fourth-order valence-electron chi connectivity index (χ4n) is 2.69. The van der Waals surface area contributed by atoms with E-state index in [-0.39, 0.29) is 11.9 Å². The SMILES string of the molecule is CC[C@@H](Nc1ccc(OC)cc1)C(=O)N/N=C/c1c[nH]c2ccccc12. The van der Waals surface area contributed by atoms with Gasteiger partial charge in [-0.1, -0.05) is 25.1 Å². The first-order chi connectivity index (χ1) is 12.7. The van der Waals surface area contributed by atoms with Crippen molar-refractivity contribution in [3.8, 4) is 5.75 Å². The fourth-order valence-corrected chi connectivity index (χ4v) is 2.69. The van der Waals surface area contributed by atoms with Gasteiger partial charge in [-0.2, -0.15) is 5.10 Å². The second-order valence-electron chi connectivity index (χ2n) is 5.86. The average Bonchev–Trinajstić information content (AvgIpc) is 3.09. The number of amides is 1. The van der Waals surface area contributed by atoms with Crippen LogP contribution in [-0.4, -0.2) is 30.3 Å². The molecule has 0 fully saturated rings. The number of H-pyrrole nitrogens is 1. The van der Waals surface area contributed by atoms with E-state index in [1.54, 1.807) is 13.3 Å². The Morgan fingerprint density at radius 3 is 2.73 bits per heavy atom. The number of rotatable bonds is 7. The zero-order valence-corrected chi connectivity index (χ0v) is 14.8. The molecule has 0 saturated heterocycles. The molecule has 0 bridgehead atoms. The Morgan fingerprint density at radius 1 is 1.23 bits per heavy atom. The summed E-state index contributed by atoms with van der Waals surface area (Å²) in [5.74, 6) is 0.593. The maximum Gasteiger partial charge on any atom is 0.262 e. The van der Waals surface area contributed by atoms with E-state index in [9.17, 15) is 4.79 Å². The number of nitrogens with one attached hydrogen (secondary N) is 3. The summed E-state index contributed by atoms with van der Waals surface area (Å²) in [5.41, 5.74) is 5.43. The molecule has 0 radical (unpaired) electrons. The van der Waals surface area contributed by atoms with Gasteiger partial charge in [-0.05, 0) is 36.8 Å². The molecular formula is C20H22N4O2. The number of fused-ring (bicyclic) bond motifs is 1. The Bertz CT molecular complexity index is 900. The van der Waals surface area contributed by atoms with Crippen LogP contribution in [-0.2, 0) is 4.79 Å². The minimum atomic E-state index is -0.372. The Balaban J connectivity index is 1.61. The molecule has 0 aliphatic heterocycles. The largest absolute Gasteiger partial charge is 0.497 e. The molecule has 6 nitrogen and oxygen atoms in total. The van der Waals surface area contributed by atoms with Crippen molar-refractivity contribution in [2.24, 2.45) is 5.10 Å². The number of anilines is 1. The second kappa shape index (κ2) is 8.20. The Hall–Kier alpha value is -3.28. The molecule has 3 rings (SSSR count). The minimum Gasteiger partial charge on any atom is -0.497 e. The molecule has 1 atom stereocenters. The van der Waals surface area contributed by atoms with Gasteiger partial charge in [0.25, 0.3) is 5.91 Å². The molecule has 6 heteroatoms. The van der Waals surface area contributed by atoms with Gasteiger partial charge in [0.15, 0.2) is 0 Å². The summed E-state index contributed by atoms with van der Waals surface area (Å²) in [4.78, 5) is 15.5. The van der Waals surface area contributed by atoms with Crippen molar-refractivity contribution in [2.45, 2.75) is 19.4 Å². The second-order valence-corrected chi connectivity index (χ2v) is 5.86. The van der Waals surface area contributed by atoms with Crippen molar-refractivity contribution >= 4 is 28.7 Å². The topological polar surface area (TPSA) is 78.5 Å². The van der Waals surface area contributed by atoms with Crippen LogP contribution in [0.25, 0.3) is 10.9 Å². The number of benzene rings is 2. The van der Waals surface area contributed by atoms with E-state index < -0.39 is 0 Å². The Morgan fingerprint density at radius 2 is 2.00 bits per heavy atom. The van der Waals surface area contributed by atoms with Gasteiger partial charge >= 0.3 is 0 Å². The molecule has 1 aromatic heterocycles. The van der Waals surface area contributed by atoms with Crippen LogP contribution in [0.1, 0.15) is 18.9 Å². The number of ether oxygens (including phenoxy) is 1. The standard InChI is InChI=1S/C20H22N4O2/c1-3-18(23-15-8-10-16(26-2)11-9-15)20(25)24-22-13-14-12-21-19-7-5-4-6-17(14)19/h4-13,18,21,23H,3H2,1-2H3,(H,24,25)/b22-13+/t18-/m1/s1. The lowest BCUT2D eigenvalue weighted by atomic mass is 10.2. The first-order valence-corrected chi connectivity index (χ1v) is 8.51. The van der Waals surface area contributed by atoms with Crippen molar-refractivity contribution in [2.75, 3.05) is 12.4 Å². The van der Waals surface area contributed by atoms with E-state index in [1.807, 2.05) is 61.7 Å². The molecule has 3 aromatic rings. The molecule has 1 heterocycles. The fraction of sp³-hybridized carbons (Fsp3) is 0.200. The van der Waals surface area contributed by atoms with Gasteiger partial charge in [-0.3, -0.25) is 4.79 Å². The third-order valence-corrected chi connectivity index (χ3v) is 4.16. The molecule has 3 N–H and O–H groups in total. The number of aromatic amines is 1. The summed E-state index contributed by atoms with van der Waals surface area (Å²) in [6, 6.07) is 15.0. The predicted molar refractivity (Wildman–Crippen MR) is 105 cm³/mol. The third kappa shape index (κ3) is 4.03. The van der Waals surface area contributed by atoms with Gasteiger partial charge < -0.3 is 15.0 Å². The van der Waals surface area contributed by atoms with E-state index in [4.69, 9.17) is 4.74 Å². The maximum absolute atomic E-state index is 12.4. The van der Waals surface area contributed by atoms with Crippen LogP contribution in [0.15, 0.2) is 59.8 Å². The van der Waals surface area contributed by atoms with Crippen molar-refractivity contribution in [3.05, 3.63) is 60.3 Å². The minimum absolute atomic E-state index is 0.181. The summed E-state index contributed by atoms with van der Waals surface area (Å²) < 4.78 is 5.14. The number of aromatic nitrogens is 1. The van der Waals surface area contributed by atoms with Gasteiger partial charge in [0.2, 0.25) is 0 Å². The monoisotopic (exact) mass is 350 g/mol. The molecule has 0 aliphatic carbocycles. The summed E-state index contributed by atoms with van der Waals surface area (Å²) in [6.07, 6.45) is 4.16. The van der Waals surface area contributed by atoms with Crippen molar-refractivity contribution in [3.63, 3.8) is 0 Å². The molecule has 26 heavy (non-hydrogen) atoms. The number of carbonyl (C=O) groups excluding carboxylic acids is 1. The van der Waals surface area contributed by atoms with Crippen molar-refractivity contribution in [1.29, 1.82) is 0 Å². The van der Waals surface area contributed by atoms with Crippen molar-refractivity contribution in [1.82, 2.24) is 10.4 Å². The molecule has 0 saturated carbocycles. The lowest BCUT2D eigenvalue weighted by molar-refractivity contribution is -0.121. The lowest BCUT2D eigenvalue weighted by Gasteiger charge is -2.16. The van der Waals surface area contributed by atoms with E-state index in [0.717, 1.165) is 27.9 Å². The highest BCUT2D eigenvalue weighted by Crippen LogP contribution is 2.17. The van der Waals surface area contributed by atoms with E-state index in [1.165, 1.54) is 0 Å². The highest BCUT2D eigenvalue weighted by molar-refractivity contribution is 5.99. The molecule has 0 spiro atoms. The highest BCUT2D eigenvalue weighted by Gasteiger charge is 2.15. The van der Waals surface area contributed by atoms with Crippen LogP contribution < -0.4 is 15.5 Å². The summed E-state index contributed by atoms with van der Waals surface area (Å²) in [6.45, 7) is 1.95. The number of methoxy groups -OCH3 is 1. The zero-order valence-electron chi connectivity index (χ0n) is 14.8. The Labute approximate surface area is 152 Å². The number of nitrogens with zero attached hydrogens (tertiary/aromatic N) is 1. The van der Waals surface area contributed by atoms with Crippen LogP contribution >= 0.6 is 0 Å². The molecule has 134 valence electrons. The molecule has 1 amide bonds. The average molecular weight is 350 g/mol. The third-order valence-electron chi connectivity index (χ3n) is 4.16. The number of para-hydroxylation sites is 1. The highest BCUT2D eigenvalue weighted by atomic mass is 16.5. The van der Waals surface area contributed by atoms with E-state index >= 15 is 0 Å². The summed E-state index contributed by atoms with van der Waals surface area (Å²) >= 11 is 0. The predicted octanol–water partition coefficient (Wildman–Crippen LogP) is 3.52. The molecular weight excluding hydrogens is 328 g/mol. The van der Waals surface area contributed by atoms with Gasteiger partial charge in [-0.25, -0.2) is 5.43 Å². The molecule has 0 aliphatic rings. The molecule has 0 unspecified atom stereocenters. The zero-order chi connectivity index (χ0) is 18.4. The summed E-state index contributed by atoms with van der Waals surface area (Å²) in [7, 11) is 1.62. The molecule has 2 aromatic carbocycles. The quantitative estimate of drug-likeness (QED) is 0.451. The smallest absolute Gasteiger partial charge is 0.262 e. The lowest BCUT2D eigenvalue weighted by Crippen LogP contribution is -2.36. The van der Waals surface area contributed by atoms with Crippen LogP contribution in [0.2, 0.25) is 0 Å². The van der Waals surface area contributed by atoms with E-state index in [0.29, 0.717) is 6.42 Å². The number of hydrogen-bond donors (Lipinski definition) is 3. The van der Waals surface area contributed by atoms with Crippen LogP contribution in [0.5, 0.6) is 5.75 Å². The van der Waals surface area contributed by atoms with Crippen LogP contribution in [0.3, 0.4) is 0 Å². The van der Waals surface area contributed by atoms with Gasteiger partial charge in [0.05, 0.1) is 13.3 Å². The van der Waals surface area contributed by atoms with Gasteiger partial charge in [0, 0.05) is 28.4 Å². The number of hydrogen-bond acceptors (Lipinski definition) is 4. The number of hydrazone groups is 1. The van der Waals surface area contributed by atoms with Crippen LogP contribution in [0, 0.1) is 0 Å². The maximum atomic E-state index is 12.4.